The van der Waals surface area contributed by atoms with Gasteiger partial charge in [0.05, 0.1) is 18.4 Å². The van der Waals surface area contributed by atoms with Crippen LogP contribution in [0.25, 0.3) is 0 Å². The highest BCUT2D eigenvalue weighted by Gasteiger charge is 2.12. The van der Waals surface area contributed by atoms with Crippen molar-refractivity contribution in [1.29, 1.82) is 0 Å². The summed E-state index contributed by atoms with van der Waals surface area (Å²) < 4.78 is 19.7. The minimum absolute atomic E-state index is 0.290. The number of urea groups is 1. The molecular weight excluding hydrogens is 325 g/mol. The van der Waals surface area contributed by atoms with Crippen LogP contribution in [0, 0.1) is 19.7 Å². The SMILES string of the molecule is Cc1noc(C)c1CNC(=O)Nc1ccnn1Cc1ccc(F)cc1. The lowest BCUT2D eigenvalue weighted by Gasteiger charge is -2.10. The van der Waals surface area contributed by atoms with Gasteiger partial charge in [-0.3, -0.25) is 5.32 Å². The predicted octanol–water partition coefficient (Wildman–Crippen LogP) is 3.00. The van der Waals surface area contributed by atoms with Gasteiger partial charge in [-0.05, 0) is 31.5 Å². The molecule has 2 heterocycles. The van der Waals surface area contributed by atoms with E-state index in [1.165, 1.54) is 12.1 Å². The Balaban J connectivity index is 1.60. The first-order valence-electron chi connectivity index (χ1n) is 7.76. The van der Waals surface area contributed by atoms with E-state index in [0.29, 0.717) is 24.7 Å². The van der Waals surface area contributed by atoms with Crippen molar-refractivity contribution in [2.24, 2.45) is 0 Å². The standard InChI is InChI=1S/C17H18FN5O2/c1-11-15(12(2)25-22-11)9-19-17(24)21-16-7-8-20-23(16)10-13-3-5-14(18)6-4-13/h3-8H,9-10H2,1-2H3,(H2,19,21,24). The third-order valence-electron chi connectivity index (χ3n) is 3.81. The van der Waals surface area contributed by atoms with Gasteiger partial charge in [0.1, 0.15) is 17.4 Å². The van der Waals surface area contributed by atoms with Gasteiger partial charge in [-0.1, -0.05) is 17.3 Å². The number of benzene rings is 1. The molecule has 130 valence electrons. The highest BCUT2D eigenvalue weighted by molar-refractivity contribution is 5.88. The summed E-state index contributed by atoms with van der Waals surface area (Å²) in [6.07, 6.45) is 1.59. The first-order chi connectivity index (χ1) is 12.0. The fraction of sp³-hybridized carbons (Fsp3) is 0.235. The molecule has 7 nitrogen and oxygen atoms in total. The molecule has 0 aliphatic rings. The van der Waals surface area contributed by atoms with Crippen LogP contribution in [-0.4, -0.2) is 21.0 Å². The Morgan fingerprint density at radius 3 is 2.68 bits per heavy atom. The number of aromatic nitrogens is 3. The number of amides is 2. The molecule has 3 rings (SSSR count). The molecule has 2 N–H and O–H groups in total. The number of aryl methyl sites for hydroxylation is 2. The van der Waals surface area contributed by atoms with E-state index in [2.05, 4.69) is 20.9 Å². The number of nitrogens with one attached hydrogen (secondary N) is 2. The molecule has 8 heteroatoms. The van der Waals surface area contributed by atoms with Gasteiger partial charge in [-0.15, -0.1) is 0 Å². The lowest BCUT2D eigenvalue weighted by atomic mass is 10.2. The van der Waals surface area contributed by atoms with Crippen LogP contribution < -0.4 is 10.6 Å². The van der Waals surface area contributed by atoms with Crippen molar-refractivity contribution in [3.8, 4) is 0 Å². The second kappa shape index (κ2) is 7.16. The predicted molar refractivity (Wildman–Crippen MR) is 89.6 cm³/mol. The lowest BCUT2D eigenvalue weighted by molar-refractivity contribution is 0.251. The molecule has 0 unspecified atom stereocenters. The van der Waals surface area contributed by atoms with E-state index in [4.69, 9.17) is 4.52 Å². The average molecular weight is 343 g/mol. The smallest absolute Gasteiger partial charge is 0.320 e. The van der Waals surface area contributed by atoms with Gasteiger partial charge < -0.3 is 9.84 Å². The number of carbonyl (C=O) groups excluding carboxylic acids is 1. The molecular formula is C17H18FN5O2. The van der Waals surface area contributed by atoms with Crippen LogP contribution in [0.15, 0.2) is 41.1 Å². The van der Waals surface area contributed by atoms with Crippen LogP contribution in [0.3, 0.4) is 0 Å². The molecule has 2 aromatic heterocycles. The van der Waals surface area contributed by atoms with Gasteiger partial charge in [0.15, 0.2) is 0 Å². The fourth-order valence-electron chi connectivity index (χ4n) is 2.41. The van der Waals surface area contributed by atoms with Crippen LogP contribution in [-0.2, 0) is 13.1 Å². The van der Waals surface area contributed by atoms with Crippen LogP contribution in [0.2, 0.25) is 0 Å². The molecule has 0 aliphatic carbocycles. The molecule has 0 aliphatic heterocycles. The summed E-state index contributed by atoms with van der Waals surface area (Å²) in [5, 5.41) is 13.5. The minimum atomic E-state index is -0.360. The number of hydrogen-bond donors (Lipinski definition) is 2. The molecule has 0 atom stereocenters. The van der Waals surface area contributed by atoms with Gasteiger partial charge in [0.25, 0.3) is 0 Å². The molecule has 0 bridgehead atoms. The molecule has 25 heavy (non-hydrogen) atoms. The highest BCUT2D eigenvalue weighted by atomic mass is 19.1. The van der Waals surface area contributed by atoms with Crippen LogP contribution >= 0.6 is 0 Å². The van der Waals surface area contributed by atoms with E-state index in [1.54, 1.807) is 36.0 Å². The van der Waals surface area contributed by atoms with Crippen LogP contribution in [0.5, 0.6) is 0 Å². The molecule has 0 saturated heterocycles. The normalized spacial score (nSPS) is 10.7. The van der Waals surface area contributed by atoms with E-state index in [9.17, 15) is 9.18 Å². The molecule has 3 aromatic rings. The Morgan fingerprint density at radius 1 is 1.24 bits per heavy atom. The molecule has 0 saturated carbocycles. The van der Waals surface area contributed by atoms with Crippen LogP contribution in [0.1, 0.15) is 22.6 Å². The highest BCUT2D eigenvalue weighted by Crippen LogP contribution is 2.13. The summed E-state index contributed by atoms with van der Waals surface area (Å²) in [4.78, 5) is 12.1. The van der Waals surface area contributed by atoms with Gasteiger partial charge in [-0.2, -0.15) is 5.10 Å². The van der Waals surface area contributed by atoms with Gasteiger partial charge in [-0.25, -0.2) is 13.9 Å². The maximum Gasteiger partial charge on any atom is 0.320 e. The maximum absolute atomic E-state index is 13.0. The Labute approximate surface area is 143 Å². The zero-order valence-corrected chi connectivity index (χ0v) is 13.9. The number of carbonyl (C=O) groups is 1. The maximum atomic E-state index is 13.0. The van der Waals surface area contributed by atoms with Crippen LogP contribution in [0.4, 0.5) is 15.0 Å². The molecule has 0 fully saturated rings. The van der Waals surface area contributed by atoms with Crippen molar-refractivity contribution in [2.45, 2.75) is 26.9 Å². The second-order valence-corrected chi connectivity index (χ2v) is 5.61. The Hall–Kier alpha value is -3.16. The van der Waals surface area contributed by atoms with E-state index in [1.807, 2.05) is 6.92 Å². The monoisotopic (exact) mass is 343 g/mol. The largest absolute Gasteiger partial charge is 0.361 e. The second-order valence-electron chi connectivity index (χ2n) is 5.61. The molecule has 1 aromatic carbocycles. The Morgan fingerprint density at radius 2 is 2.00 bits per heavy atom. The Bertz CT molecular complexity index is 850. The van der Waals surface area contributed by atoms with E-state index < -0.39 is 0 Å². The summed E-state index contributed by atoms with van der Waals surface area (Å²) >= 11 is 0. The quantitative estimate of drug-likeness (QED) is 0.746. The summed E-state index contributed by atoms with van der Waals surface area (Å²) in [5.74, 6) is 0.931. The fourth-order valence-corrected chi connectivity index (χ4v) is 2.41. The lowest BCUT2D eigenvalue weighted by Crippen LogP contribution is -2.29. The van der Waals surface area contributed by atoms with Crippen molar-refractivity contribution >= 4 is 11.8 Å². The third-order valence-corrected chi connectivity index (χ3v) is 3.81. The van der Waals surface area contributed by atoms with Crippen molar-refractivity contribution < 1.29 is 13.7 Å². The molecule has 2 amide bonds. The first-order valence-corrected chi connectivity index (χ1v) is 7.76. The number of hydrogen-bond acceptors (Lipinski definition) is 4. The number of halogens is 1. The van der Waals surface area contributed by atoms with E-state index >= 15 is 0 Å². The first kappa shape index (κ1) is 16.7. The average Bonchev–Trinajstić information content (AvgIpc) is 3.15. The molecule has 0 radical (unpaired) electrons. The van der Waals surface area contributed by atoms with Crippen molar-refractivity contribution in [3.05, 3.63) is 64.9 Å². The van der Waals surface area contributed by atoms with Crippen molar-refractivity contribution in [3.63, 3.8) is 0 Å². The molecule has 0 spiro atoms. The van der Waals surface area contributed by atoms with Crippen molar-refractivity contribution in [2.75, 3.05) is 5.32 Å². The number of rotatable bonds is 5. The Kier molecular flexibility index (Phi) is 4.78. The van der Waals surface area contributed by atoms with Gasteiger partial charge >= 0.3 is 6.03 Å². The summed E-state index contributed by atoms with van der Waals surface area (Å²) in [5.41, 5.74) is 2.48. The third kappa shape index (κ3) is 4.03. The van der Waals surface area contributed by atoms with E-state index in [0.717, 1.165) is 16.8 Å². The summed E-state index contributed by atoms with van der Waals surface area (Å²) in [6.45, 7) is 4.36. The zero-order chi connectivity index (χ0) is 17.8. The zero-order valence-electron chi connectivity index (χ0n) is 13.9. The number of nitrogens with zero attached hydrogens (tertiary/aromatic N) is 3. The van der Waals surface area contributed by atoms with Crippen molar-refractivity contribution in [1.82, 2.24) is 20.3 Å². The summed E-state index contributed by atoms with van der Waals surface area (Å²) in [6, 6.07) is 7.47. The minimum Gasteiger partial charge on any atom is -0.361 e. The summed E-state index contributed by atoms with van der Waals surface area (Å²) in [7, 11) is 0. The van der Waals surface area contributed by atoms with Gasteiger partial charge in [0.2, 0.25) is 0 Å². The van der Waals surface area contributed by atoms with E-state index in [-0.39, 0.29) is 11.8 Å². The topological polar surface area (TPSA) is 85.0 Å². The number of anilines is 1. The van der Waals surface area contributed by atoms with Gasteiger partial charge in [0, 0.05) is 18.2 Å².